The Morgan fingerprint density at radius 2 is 1.89 bits per heavy atom. The Labute approximate surface area is 167 Å². The summed E-state index contributed by atoms with van der Waals surface area (Å²) in [5.74, 6) is -0.447. The van der Waals surface area contributed by atoms with E-state index in [0.717, 1.165) is 5.56 Å². The molecular formula is C20H21ClN4O3. The Morgan fingerprint density at radius 1 is 1.18 bits per heavy atom. The molecule has 0 bridgehead atoms. The number of anilines is 2. The number of oxazole rings is 1. The molecule has 1 aromatic heterocycles. The third kappa shape index (κ3) is 4.80. The maximum absolute atomic E-state index is 12.6. The number of fused-ring (bicyclic) bond motifs is 1. The number of nitrogens with one attached hydrogen (secondary N) is 2. The normalized spacial score (nSPS) is 11.9. The van der Waals surface area contributed by atoms with E-state index in [-0.39, 0.29) is 18.2 Å². The minimum absolute atomic E-state index is 0.0843. The van der Waals surface area contributed by atoms with Crippen molar-refractivity contribution < 1.29 is 14.0 Å². The summed E-state index contributed by atoms with van der Waals surface area (Å²) < 4.78 is 5.61. The summed E-state index contributed by atoms with van der Waals surface area (Å²) in [6.45, 7) is 1.42. The standard InChI is InChI=1S/C20H21ClN4O3/c1-12(26)22-16(13-4-6-14(21)7-5-13)11-19(27)23-15-8-9-18-17(10-15)24-20(28-18)25(2)3/h4-10,16H,11H2,1-3H3,(H,22,26)(H,23,27)/t16-/m0/s1. The maximum atomic E-state index is 12.6. The second-order valence-electron chi connectivity index (χ2n) is 6.63. The molecule has 2 N–H and O–H groups in total. The lowest BCUT2D eigenvalue weighted by Gasteiger charge is -2.18. The topological polar surface area (TPSA) is 87.5 Å². The third-order valence-electron chi connectivity index (χ3n) is 4.08. The van der Waals surface area contributed by atoms with Crippen molar-refractivity contribution in [2.75, 3.05) is 24.3 Å². The number of amides is 2. The average Bonchev–Trinajstić information content (AvgIpc) is 3.05. The Balaban J connectivity index is 1.74. The summed E-state index contributed by atoms with van der Waals surface area (Å²) in [6.07, 6.45) is 0.0843. The van der Waals surface area contributed by atoms with Crippen LogP contribution in [-0.4, -0.2) is 30.9 Å². The predicted molar refractivity (Wildman–Crippen MR) is 110 cm³/mol. The fourth-order valence-electron chi connectivity index (χ4n) is 2.77. The lowest BCUT2D eigenvalue weighted by Crippen LogP contribution is -2.29. The molecule has 1 heterocycles. The first-order valence-electron chi connectivity index (χ1n) is 8.72. The molecule has 0 aliphatic heterocycles. The summed E-state index contributed by atoms with van der Waals surface area (Å²) in [6, 6.07) is 12.3. The highest BCUT2D eigenvalue weighted by Gasteiger charge is 2.18. The zero-order valence-electron chi connectivity index (χ0n) is 15.8. The molecule has 2 amide bonds. The smallest absolute Gasteiger partial charge is 0.297 e. The van der Waals surface area contributed by atoms with Crippen LogP contribution in [-0.2, 0) is 9.59 Å². The Kier molecular flexibility index (Phi) is 5.84. The fraction of sp³-hybridized carbons (Fsp3) is 0.250. The molecule has 0 aliphatic rings. The minimum Gasteiger partial charge on any atom is -0.423 e. The monoisotopic (exact) mass is 400 g/mol. The van der Waals surface area contributed by atoms with E-state index in [2.05, 4.69) is 15.6 Å². The van der Waals surface area contributed by atoms with Crippen LogP contribution in [0.25, 0.3) is 11.1 Å². The van der Waals surface area contributed by atoms with Gasteiger partial charge in [0.25, 0.3) is 6.01 Å². The van der Waals surface area contributed by atoms with E-state index in [4.69, 9.17) is 16.0 Å². The number of carbonyl (C=O) groups excluding carboxylic acids is 2. The molecule has 1 atom stereocenters. The van der Waals surface area contributed by atoms with Gasteiger partial charge >= 0.3 is 0 Å². The molecule has 0 fully saturated rings. The summed E-state index contributed by atoms with van der Waals surface area (Å²) in [5.41, 5.74) is 2.70. The second-order valence-corrected chi connectivity index (χ2v) is 7.07. The van der Waals surface area contributed by atoms with Gasteiger partial charge in [-0.25, -0.2) is 0 Å². The van der Waals surface area contributed by atoms with Gasteiger partial charge in [-0.05, 0) is 35.9 Å². The number of hydrogen-bond donors (Lipinski definition) is 2. The molecule has 3 rings (SSSR count). The van der Waals surface area contributed by atoms with E-state index in [1.54, 1.807) is 47.4 Å². The molecule has 0 spiro atoms. The van der Waals surface area contributed by atoms with Gasteiger partial charge in [0.15, 0.2) is 5.58 Å². The van der Waals surface area contributed by atoms with Crippen molar-refractivity contribution in [1.29, 1.82) is 0 Å². The maximum Gasteiger partial charge on any atom is 0.297 e. The molecule has 7 nitrogen and oxygen atoms in total. The van der Waals surface area contributed by atoms with Crippen LogP contribution in [0.1, 0.15) is 24.9 Å². The molecule has 28 heavy (non-hydrogen) atoms. The third-order valence-corrected chi connectivity index (χ3v) is 4.33. The van der Waals surface area contributed by atoms with Crippen LogP contribution in [0.4, 0.5) is 11.7 Å². The Bertz CT molecular complexity index is 998. The van der Waals surface area contributed by atoms with Crippen molar-refractivity contribution in [3.05, 3.63) is 53.1 Å². The fourth-order valence-corrected chi connectivity index (χ4v) is 2.90. The van der Waals surface area contributed by atoms with Gasteiger partial charge in [0.1, 0.15) is 5.52 Å². The number of nitrogens with zero attached hydrogens (tertiary/aromatic N) is 2. The molecular weight excluding hydrogens is 380 g/mol. The van der Waals surface area contributed by atoms with Crippen LogP contribution in [0, 0.1) is 0 Å². The zero-order chi connectivity index (χ0) is 20.3. The number of rotatable bonds is 6. The van der Waals surface area contributed by atoms with Crippen LogP contribution < -0.4 is 15.5 Å². The van der Waals surface area contributed by atoms with Crippen molar-refractivity contribution in [3.8, 4) is 0 Å². The van der Waals surface area contributed by atoms with Gasteiger partial charge in [0.2, 0.25) is 11.8 Å². The van der Waals surface area contributed by atoms with Gasteiger partial charge < -0.3 is 20.0 Å². The molecule has 3 aromatic rings. The van der Waals surface area contributed by atoms with Crippen molar-refractivity contribution >= 4 is 46.2 Å². The number of halogens is 1. The minimum atomic E-state index is -0.453. The molecule has 0 unspecified atom stereocenters. The highest BCUT2D eigenvalue weighted by atomic mass is 35.5. The molecule has 0 radical (unpaired) electrons. The quantitative estimate of drug-likeness (QED) is 0.657. The first-order valence-corrected chi connectivity index (χ1v) is 9.10. The van der Waals surface area contributed by atoms with Crippen LogP contribution >= 0.6 is 11.6 Å². The van der Waals surface area contributed by atoms with Gasteiger partial charge in [0, 0.05) is 31.7 Å². The summed E-state index contributed by atoms with van der Waals surface area (Å²) in [7, 11) is 3.68. The molecule has 2 aromatic carbocycles. The van der Waals surface area contributed by atoms with Crippen LogP contribution in [0.2, 0.25) is 5.02 Å². The number of hydrogen-bond acceptors (Lipinski definition) is 5. The number of carbonyl (C=O) groups is 2. The molecule has 0 saturated carbocycles. The number of aromatic nitrogens is 1. The van der Waals surface area contributed by atoms with E-state index in [1.807, 2.05) is 14.1 Å². The van der Waals surface area contributed by atoms with Crippen molar-refractivity contribution in [1.82, 2.24) is 10.3 Å². The Hall–Kier alpha value is -3.06. The van der Waals surface area contributed by atoms with Crippen LogP contribution in [0.15, 0.2) is 46.9 Å². The van der Waals surface area contributed by atoms with E-state index in [1.165, 1.54) is 6.92 Å². The van der Waals surface area contributed by atoms with Gasteiger partial charge in [-0.15, -0.1) is 0 Å². The van der Waals surface area contributed by atoms with Crippen molar-refractivity contribution in [2.45, 2.75) is 19.4 Å². The highest BCUT2D eigenvalue weighted by Crippen LogP contribution is 2.25. The summed E-state index contributed by atoms with van der Waals surface area (Å²) in [4.78, 5) is 30.2. The second kappa shape index (κ2) is 8.31. The molecule has 0 saturated heterocycles. The highest BCUT2D eigenvalue weighted by molar-refractivity contribution is 6.30. The first-order chi connectivity index (χ1) is 13.3. The number of benzene rings is 2. The van der Waals surface area contributed by atoms with E-state index >= 15 is 0 Å². The van der Waals surface area contributed by atoms with Crippen molar-refractivity contribution in [3.63, 3.8) is 0 Å². The van der Waals surface area contributed by atoms with Crippen LogP contribution in [0.3, 0.4) is 0 Å². The van der Waals surface area contributed by atoms with Crippen molar-refractivity contribution in [2.24, 2.45) is 0 Å². The molecule has 0 aliphatic carbocycles. The summed E-state index contributed by atoms with van der Waals surface area (Å²) in [5, 5.41) is 6.24. The molecule has 146 valence electrons. The molecule has 8 heteroatoms. The van der Waals surface area contributed by atoms with Gasteiger partial charge in [-0.2, -0.15) is 4.98 Å². The zero-order valence-corrected chi connectivity index (χ0v) is 16.6. The SMILES string of the molecule is CC(=O)N[C@@H](CC(=O)Nc1ccc2oc(N(C)C)nc2c1)c1ccc(Cl)cc1. The van der Waals surface area contributed by atoms with E-state index in [0.29, 0.717) is 27.8 Å². The predicted octanol–water partition coefficient (Wildman–Crippen LogP) is 3.75. The van der Waals surface area contributed by atoms with E-state index in [9.17, 15) is 9.59 Å². The largest absolute Gasteiger partial charge is 0.423 e. The van der Waals surface area contributed by atoms with Gasteiger partial charge in [0.05, 0.1) is 12.5 Å². The lowest BCUT2D eigenvalue weighted by molar-refractivity contribution is -0.120. The van der Waals surface area contributed by atoms with Gasteiger partial charge in [-0.3, -0.25) is 9.59 Å². The van der Waals surface area contributed by atoms with E-state index < -0.39 is 6.04 Å². The van der Waals surface area contributed by atoms with Gasteiger partial charge in [-0.1, -0.05) is 23.7 Å². The Morgan fingerprint density at radius 3 is 2.54 bits per heavy atom. The average molecular weight is 401 g/mol. The first kappa shape index (κ1) is 19.7. The summed E-state index contributed by atoms with van der Waals surface area (Å²) >= 11 is 5.92. The lowest BCUT2D eigenvalue weighted by atomic mass is 10.0. The van der Waals surface area contributed by atoms with Crippen LogP contribution in [0.5, 0.6) is 0 Å².